The van der Waals surface area contributed by atoms with Crippen LogP contribution in [0.25, 0.3) is 0 Å². The Balaban J connectivity index is 1.68. The van der Waals surface area contributed by atoms with Gasteiger partial charge in [-0.3, -0.25) is 24.1 Å². The summed E-state index contributed by atoms with van der Waals surface area (Å²) in [7, 11) is 0. The van der Waals surface area contributed by atoms with Gasteiger partial charge in [-0.15, -0.1) is 0 Å². The Morgan fingerprint density at radius 3 is 2.18 bits per heavy atom. The average Bonchev–Trinajstić information content (AvgIpc) is 3.07. The van der Waals surface area contributed by atoms with E-state index in [1.807, 2.05) is 26.0 Å². The molecule has 1 aliphatic heterocycles. The Labute approximate surface area is 205 Å². The first-order valence-electron chi connectivity index (χ1n) is 11.5. The highest BCUT2D eigenvalue weighted by Crippen LogP contribution is 2.23. The van der Waals surface area contributed by atoms with E-state index in [-0.39, 0.29) is 49.2 Å². The van der Waals surface area contributed by atoms with Crippen LogP contribution in [-0.2, 0) is 16.1 Å². The minimum absolute atomic E-state index is 0.0129. The molecule has 0 aliphatic carbocycles. The smallest absolute Gasteiger partial charge is 0.261 e. The maximum absolute atomic E-state index is 13.2. The van der Waals surface area contributed by atoms with Gasteiger partial charge in [0.05, 0.1) is 11.1 Å². The lowest BCUT2D eigenvalue weighted by atomic mass is 10.1. The van der Waals surface area contributed by atoms with Crippen molar-refractivity contribution in [1.82, 2.24) is 15.1 Å². The molecule has 0 bridgehead atoms. The predicted molar refractivity (Wildman–Crippen MR) is 130 cm³/mol. The summed E-state index contributed by atoms with van der Waals surface area (Å²) < 4.78 is 0. The van der Waals surface area contributed by atoms with Crippen molar-refractivity contribution < 1.29 is 19.2 Å². The van der Waals surface area contributed by atoms with Gasteiger partial charge >= 0.3 is 0 Å². The minimum Gasteiger partial charge on any atom is -0.352 e. The van der Waals surface area contributed by atoms with E-state index in [1.54, 1.807) is 43.3 Å². The van der Waals surface area contributed by atoms with Crippen LogP contribution in [0.3, 0.4) is 0 Å². The fourth-order valence-electron chi connectivity index (χ4n) is 3.83. The summed E-state index contributed by atoms with van der Waals surface area (Å²) in [4.78, 5) is 53.8. The highest BCUT2D eigenvalue weighted by Gasteiger charge is 2.35. The molecule has 0 unspecified atom stereocenters. The maximum atomic E-state index is 13.2. The molecular weight excluding hydrogens is 454 g/mol. The number of rotatable bonds is 10. The van der Waals surface area contributed by atoms with Gasteiger partial charge in [0.25, 0.3) is 11.8 Å². The summed E-state index contributed by atoms with van der Waals surface area (Å²) in [6.45, 7) is 5.89. The van der Waals surface area contributed by atoms with E-state index in [2.05, 4.69) is 5.32 Å². The zero-order valence-electron chi connectivity index (χ0n) is 19.7. The molecule has 1 aliphatic rings. The Morgan fingerprint density at radius 2 is 1.59 bits per heavy atom. The fourth-order valence-corrected chi connectivity index (χ4v) is 4.03. The van der Waals surface area contributed by atoms with Gasteiger partial charge in [0.1, 0.15) is 6.04 Å². The Kier molecular flexibility index (Phi) is 8.45. The van der Waals surface area contributed by atoms with Gasteiger partial charge in [-0.1, -0.05) is 48.9 Å². The number of nitrogens with one attached hydrogen (secondary N) is 1. The number of fused-ring (bicyclic) bond motifs is 1. The lowest BCUT2D eigenvalue weighted by Crippen LogP contribution is -2.49. The number of carbonyl (C=O) groups excluding carboxylic acids is 4. The summed E-state index contributed by atoms with van der Waals surface area (Å²) >= 11 is 6.31. The first-order valence-corrected chi connectivity index (χ1v) is 11.9. The maximum Gasteiger partial charge on any atom is 0.261 e. The largest absolute Gasteiger partial charge is 0.352 e. The standard InChI is InChI=1S/C26H30ClN3O4/c1-4-17(2)28-24(32)18(3)30(16-19-10-5-8-13-22(19)27)23(31)14-9-15-29-25(33)20-11-6-7-12-21(20)26(29)34/h5-8,10-13,17-18H,4,9,14-16H2,1-3H3,(H,28,32)/t17-,18-/m1/s1. The second kappa shape index (κ2) is 11.3. The molecule has 2 atom stereocenters. The van der Waals surface area contributed by atoms with Crippen molar-refractivity contribution in [2.24, 2.45) is 0 Å². The van der Waals surface area contributed by atoms with Crippen LogP contribution in [0.1, 0.15) is 66.3 Å². The van der Waals surface area contributed by atoms with E-state index < -0.39 is 6.04 Å². The Morgan fingerprint density at radius 1 is 1.00 bits per heavy atom. The van der Waals surface area contributed by atoms with Gasteiger partial charge in [-0.05, 0) is 50.5 Å². The number of hydrogen-bond donors (Lipinski definition) is 1. The number of benzene rings is 2. The number of amides is 4. The SMILES string of the molecule is CC[C@@H](C)NC(=O)[C@@H](C)N(Cc1ccccc1Cl)C(=O)CCCN1C(=O)c2ccccc2C1=O. The van der Waals surface area contributed by atoms with E-state index in [9.17, 15) is 19.2 Å². The van der Waals surface area contributed by atoms with Crippen LogP contribution in [0.5, 0.6) is 0 Å². The van der Waals surface area contributed by atoms with E-state index in [0.29, 0.717) is 22.6 Å². The lowest BCUT2D eigenvalue weighted by Gasteiger charge is -2.30. The topological polar surface area (TPSA) is 86.8 Å². The van der Waals surface area contributed by atoms with Gasteiger partial charge in [0.2, 0.25) is 11.8 Å². The van der Waals surface area contributed by atoms with E-state index in [0.717, 1.165) is 12.0 Å². The second-order valence-electron chi connectivity index (χ2n) is 8.52. The first-order chi connectivity index (χ1) is 16.2. The number of nitrogens with zero attached hydrogens (tertiary/aromatic N) is 2. The van der Waals surface area contributed by atoms with Crippen LogP contribution in [-0.4, -0.2) is 52.1 Å². The molecule has 3 rings (SSSR count). The molecule has 0 saturated heterocycles. The summed E-state index contributed by atoms with van der Waals surface area (Å²) in [5, 5.41) is 3.44. The van der Waals surface area contributed by atoms with Gasteiger partial charge < -0.3 is 10.2 Å². The molecule has 0 fully saturated rings. The molecule has 0 radical (unpaired) electrons. The molecule has 1 N–H and O–H groups in total. The normalized spacial score (nSPS) is 14.5. The van der Waals surface area contributed by atoms with E-state index in [4.69, 9.17) is 11.6 Å². The third kappa shape index (κ3) is 5.65. The van der Waals surface area contributed by atoms with Crippen molar-refractivity contribution in [3.63, 3.8) is 0 Å². The predicted octanol–water partition coefficient (Wildman–Crippen LogP) is 4.05. The van der Waals surface area contributed by atoms with Crippen LogP contribution in [0.4, 0.5) is 0 Å². The van der Waals surface area contributed by atoms with Crippen LogP contribution >= 0.6 is 11.6 Å². The van der Waals surface area contributed by atoms with Gasteiger partial charge in [0, 0.05) is 30.6 Å². The minimum atomic E-state index is -0.711. The zero-order chi connectivity index (χ0) is 24.8. The van der Waals surface area contributed by atoms with Crippen molar-refractivity contribution in [3.05, 3.63) is 70.2 Å². The molecule has 0 saturated carbocycles. The highest BCUT2D eigenvalue weighted by atomic mass is 35.5. The van der Waals surface area contributed by atoms with Crippen molar-refractivity contribution in [2.75, 3.05) is 6.54 Å². The summed E-state index contributed by atoms with van der Waals surface area (Å²) in [5.41, 5.74) is 1.50. The molecule has 2 aromatic rings. The van der Waals surface area contributed by atoms with Gasteiger partial charge in [-0.2, -0.15) is 0 Å². The average molecular weight is 484 g/mol. The monoisotopic (exact) mass is 483 g/mol. The Bertz CT molecular complexity index is 1050. The number of imide groups is 1. The number of halogens is 1. The quantitative estimate of drug-likeness (QED) is 0.516. The first kappa shape index (κ1) is 25.4. The molecule has 34 heavy (non-hydrogen) atoms. The van der Waals surface area contributed by atoms with E-state index in [1.165, 1.54) is 9.80 Å². The van der Waals surface area contributed by atoms with Crippen LogP contribution < -0.4 is 5.32 Å². The van der Waals surface area contributed by atoms with Crippen molar-refractivity contribution >= 4 is 35.2 Å². The van der Waals surface area contributed by atoms with Crippen LogP contribution in [0, 0.1) is 0 Å². The zero-order valence-corrected chi connectivity index (χ0v) is 20.5. The van der Waals surface area contributed by atoms with Gasteiger partial charge in [-0.25, -0.2) is 0 Å². The third-order valence-electron chi connectivity index (χ3n) is 6.12. The lowest BCUT2D eigenvalue weighted by molar-refractivity contribution is -0.141. The van der Waals surface area contributed by atoms with Crippen molar-refractivity contribution in [3.8, 4) is 0 Å². The molecule has 4 amide bonds. The summed E-state index contributed by atoms with van der Waals surface area (Å²) in [5.74, 6) is -1.18. The Hall–Kier alpha value is -3.19. The molecule has 8 heteroatoms. The van der Waals surface area contributed by atoms with Crippen molar-refractivity contribution in [2.45, 2.75) is 58.7 Å². The van der Waals surface area contributed by atoms with Gasteiger partial charge in [0.15, 0.2) is 0 Å². The fraction of sp³-hybridized carbons (Fsp3) is 0.385. The van der Waals surface area contributed by atoms with Crippen LogP contribution in [0.2, 0.25) is 5.02 Å². The molecular formula is C26H30ClN3O4. The molecule has 180 valence electrons. The number of hydrogen-bond acceptors (Lipinski definition) is 4. The summed E-state index contributed by atoms with van der Waals surface area (Å²) in [6.07, 6.45) is 1.15. The number of carbonyl (C=O) groups is 4. The van der Waals surface area contributed by atoms with Crippen LogP contribution in [0.15, 0.2) is 48.5 Å². The second-order valence-corrected chi connectivity index (χ2v) is 8.93. The molecule has 0 aromatic heterocycles. The summed E-state index contributed by atoms with van der Waals surface area (Å²) in [6, 6.07) is 13.2. The molecule has 7 nitrogen and oxygen atoms in total. The van der Waals surface area contributed by atoms with E-state index >= 15 is 0 Å². The molecule has 2 aromatic carbocycles. The third-order valence-corrected chi connectivity index (χ3v) is 6.49. The highest BCUT2D eigenvalue weighted by molar-refractivity contribution is 6.31. The van der Waals surface area contributed by atoms with Crippen molar-refractivity contribution in [1.29, 1.82) is 0 Å². The molecule has 1 heterocycles. The molecule has 0 spiro atoms.